The van der Waals surface area contributed by atoms with Gasteiger partial charge in [-0.15, -0.1) is 0 Å². The first-order valence-corrected chi connectivity index (χ1v) is 16.3. The number of rotatable bonds is 8. The van der Waals surface area contributed by atoms with Gasteiger partial charge in [-0.05, 0) is 60.8 Å². The van der Waals surface area contributed by atoms with Crippen LogP contribution in [-0.2, 0) is 10.0 Å². The highest BCUT2D eigenvalue weighted by molar-refractivity contribution is 7.92. The number of amides is 3. The zero-order chi connectivity index (χ0) is 32.3. The minimum absolute atomic E-state index is 0.00968. The number of urea groups is 1. The van der Waals surface area contributed by atoms with E-state index in [1.807, 2.05) is 49.4 Å². The zero-order valence-corrected chi connectivity index (χ0v) is 26.7. The molecule has 3 atom stereocenters. The molecule has 0 bridgehead atoms. The van der Waals surface area contributed by atoms with Gasteiger partial charge < -0.3 is 25.0 Å². The normalized spacial score (nSPS) is 17.4. The molecule has 1 heterocycles. The summed E-state index contributed by atoms with van der Waals surface area (Å²) >= 11 is 5.91. The van der Waals surface area contributed by atoms with Gasteiger partial charge in [0.2, 0.25) is 0 Å². The molecule has 4 aromatic carbocycles. The molecule has 4 aromatic rings. The Morgan fingerprint density at radius 3 is 2.53 bits per heavy atom. The molecule has 5 rings (SSSR count). The molecule has 0 saturated carbocycles. The van der Waals surface area contributed by atoms with Crippen molar-refractivity contribution in [2.24, 2.45) is 5.92 Å². The Morgan fingerprint density at radius 1 is 1.09 bits per heavy atom. The van der Waals surface area contributed by atoms with Crippen molar-refractivity contribution in [3.63, 3.8) is 0 Å². The number of ether oxygens (including phenoxy) is 1. The number of benzene rings is 4. The first-order chi connectivity index (χ1) is 21.5. The fourth-order valence-electron chi connectivity index (χ4n) is 5.23. The Balaban J connectivity index is 1.40. The molecule has 1 aliphatic heterocycles. The molecule has 0 radical (unpaired) electrons. The van der Waals surface area contributed by atoms with E-state index in [9.17, 15) is 23.1 Å². The number of carbonyl (C=O) groups is 2. The average molecular weight is 651 g/mol. The predicted octanol–water partition coefficient (Wildman–Crippen LogP) is 5.68. The largest absolute Gasteiger partial charge is 0.487 e. The predicted molar refractivity (Wildman–Crippen MR) is 175 cm³/mol. The SMILES string of the molecule is C[C@@H]1CN([C@@H](C)CO)C(=O)c2cc(NS(=O)(=O)c3ccc(Cl)cc3)ccc2O[C@H]1CN(C)C(=O)Nc1cccc2ccccc12. The van der Waals surface area contributed by atoms with Crippen molar-refractivity contribution in [1.29, 1.82) is 0 Å². The van der Waals surface area contributed by atoms with Crippen LogP contribution >= 0.6 is 11.6 Å². The van der Waals surface area contributed by atoms with Gasteiger partial charge in [-0.3, -0.25) is 9.52 Å². The van der Waals surface area contributed by atoms with Crippen molar-refractivity contribution >= 4 is 55.7 Å². The van der Waals surface area contributed by atoms with Crippen molar-refractivity contribution in [2.45, 2.75) is 30.9 Å². The number of aliphatic hydroxyl groups is 1. The fraction of sp³-hybridized carbons (Fsp3) is 0.273. The smallest absolute Gasteiger partial charge is 0.321 e. The van der Waals surface area contributed by atoms with Crippen molar-refractivity contribution in [3.05, 3.63) is 95.5 Å². The van der Waals surface area contributed by atoms with Crippen molar-refractivity contribution in [1.82, 2.24) is 9.80 Å². The van der Waals surface area contributed by atoms with E-state index in [2.05, 4.69) is 10.0 Å². The average Bonchev–Trinajstić information content (AvgIpc) is 3.02. The number of nitrogens with one attached hydrogen (secondary N) is 2. The molecule has 45 heavy (non-hydrogen) atoms. The van der Waals surface area contributed by atoms with Gasteiger partial charge in [0.15, 0.2) is 0 Å². The van der Waals surface area contributed by atoms with Crippen LogP contribution in [0.2, 0.25) is 5.02 Å². The number of aliphatic hydroxyl groups excluding tert-OH is 1. The second kappa shape index (κ2) is 13.4. The molecule has 0 aliphatic carbocycles. The first-order valence-electron chi connectivity index (χ1n) is 14.5. The summed E-state index contributed by atoms with van der Waals surface area (Å²) in [6.45, 7) is 3.82. The van der Waals surface area contributed by atoms with E-state index in [0.717, 1.165) is 10.8 Å². The van der Waals surface area contributed by atoms with Gasteiger partial charge >= 0.3 is 6.03 Å². The van der Waals surface area contributed by atoms with E-state index in [-0.39, 0.29) is 53.5 Å². The maximum atomic E-state index is 13.8. The lowest BCUT2D eigenvalue weighted by Crippen LogP contribution is -2.50. The lowest BCUT2D eigenvalue weighted by molar-refractivity contribution is 0.0371. The number of fused-ring (bicyclic) bond motifs is 2. The summed E-state index contributed by atoms with van der Waals surface area (Å²) in [5.41, 5.74) is 0.976. The van der Waals surface area contributed by atoms with E-state index in [4.69, 9.17) is 16.3 Å². The maximum Gasteiger partial charge on any atom is 0.321 e. The van der Waals surface area contributed by atoms with Crippen molar-refractivity contribution in [2.75, 3.05) is 36.8 Å². The van der Waals surface area contributed by atoms with Gasteiger partial charge in [-0.2, -0.15) is 0 Å². The third-order valence-corrected chi connectivity index (χ3v) is 9.52. The molecule has 12 heteroatoms. The van der Waals surface area contributed by atoms with E-state index in [1.165, 1.54) is 47.4 Å². The number of hydrogen-bond donors (Lipinski definition) is 3. The summed E-state index contributed by atoms with van der Waals surface area (Å²) in [6, 6.07) is 22.8. The van der Waals surface area contributed by atoms with Crippen molar-refractivity contribution < 1.29 is 27.9 Å². The lowest BCUT2D eigenvalue weighted by atomic mass is 9.99. The fourth-order valence-corrected chi connectivity index (χ4v) is 6.41. The van der Waals surface area contributed by atoms with E-state index >= 15 is 0 Å². The molecule has 1 aliphatic rings. The number of nitrogens with zero attached hydrogens (tertiary/aromatic N) is 2. The minimum Gasteiger partial charge on any atom is -0.487 e. The topological polar surface area (TPSA) is 128 Å². The van der Waals surface area contributed by atoms with Crippen LogP contribution in [0.4, 0.5) is 16.2 Å². The Morgan fingerprint density at radius 2 is 1.80 bits per heavy atom. The number of likely N-dealkylation sites (N-methyl/N-ethyl adjacent to an activating group) is 1. The Labute approximate surface area is 267 Å². The molecule has 0 unspecified atom stereocenters. The minimum atomic E-state index is -3.98. The molecule has 3 N–H and O–H groups in total. The second-order valence-corrected chi connectivity index (χ2v) is 13.3. The monoisotopic (exact) mass is 650 g/mol. The number of hydrogen-bond acceptors (Lipinski definition) is 6. The van der Waals surface area contributed by atoms with Crippen LogP contribution < -0.4 is 14.8 Å². The second-order valence-electron chi connectivity index (χ2n) is 11.2. The van der Waals surface area contributed by atoms with Crippen LogP contribution in [0.25, 0.3) is 10.8 Å². The van der Waals surface area contributed by atoms with Crippen molar-refractivity contribution in [3.8, 4) is 5.75 Å². The van der Waals surface area contributed by atoms with Gasteiger partial charge in [0.25, 0.3) is 15.9 Å². The highest BCUT2D eigenvalue weighted by atomic mass is 35.5. The van der Waals surface area contributed by atoms with E-state index in [1.54, 1.807) is 18.9 Å². The summed E-state index contributed by atoms with van der Waals surface area (Å²) in [7, 11) is -2.30. The third kappa shape index (κ3) is 7.16. The van der Waals surface area contributed by atoms with Gasteiger partial charge in [0.05, 0.1) is 35.3 Å². The number of halogens is 1. The molecular weight excluding hydrogens is 616 g/mol. The molecule has 0 fully saturated rings. The van der Waals surface area contributed by atoms with Crippen LogP contribution in [0.5, 0.6) is 5.75 Å². The van der Waals surface area contributed by atoms with Gasteiger partial charge in [-0.1, -0.05) is 54.9 Å². The van der Waals surface area contributed by atoms with Gasteiger partial charge in [-0.25, -0.2) is 13.2 Å². The van der Waals surface area contributed by atoms with E-state index < -0.39 is 28.1 Å². The van der Waals surface area contributed by atoms with E-state index in [0.29, 0.717) is 10.7 Å². The molecule has 10 nitrogen and oxygen atoms in total. The standard InChI is InChI=1S/C33H35ClN4O6S/c1-21-18-38(22(2)20-39)32(40)28-17-25(36-45(42,43)26-14-11-24(34)12-15-26)13-16-30(28)44-31(21)19-37(3)33(41)35-29-10-6-8-23-7-4-5-9-27(23)29/h4-17,21-22,31,36,39H,18-20H2,1-3H3,(H,35,41)/t21-,22+,31+/m1/s1. The third-order valence-electron chi connectivity index (χ3n) is 7.87. The molecule has 0 aromatic heterocycles. The Kier molecular flexibility index (Phi) is 9.52. The van der Waals surface area contributed by atoms with Crippen LogP contribution in [0.15, 0.2) is 89.8 Å². The number of sulfonamides is 1. The molecule has 0 spiro atoms. The number of carbonyl (C=O) groups excluding carboxylic acids is 2. The Hall–Kier alpha value is -4.32. The quantitative estimate of drug-likeness (QED) is 0.225. The van der Waals surface area contributed by atoms with Crippen LogP contribution in [0.3, 0.4) is 0 Å². The molecule has 236 valence electrons. The highest BCUT2D eigenvalue weighted by Crippen LogP contribution is 2.32. The van der Waals surface area contributed by atoms with Gasteiger partial charge in [0.1, 0.15) is 11.9 Å². The molecule has 3 amide bonds. The van der Waals surface area contributed by atoms with Gasteiger partial charge in [0, 0.05) is 35.6 Å². The molecular formula is C33H35ClN4O6S. The van der Waals surface area contributed by atoms with Crippen LogP contribution in [-0.4, -0.2) is 74.2 Å². The molecule has 0 saturated heterocycles. The number of anilines is 2. The Bertz CT molecular complexity index is 1810. The maximum absolute atomic E-state index is 13.8. The zero-order valence-electron chi connectivity index (χ0n) is 25.1. The summed E-state index contributed by atoms with van der Waals surface area (Å²) in [6.07, 6.45) is -0.537. The highest BCUT2D eigenvalue weighted by Gasteiger charge is 2.34. The summed E-state index contributed by atoms with van der Waals surface area (Å²) in [5.74, 6) is -0.401. The van der Waals surface area contributed by atoms with Crippen LogP contribution in [0.1, 0.15) is 24.2 Å². The summed E-state index contributed by atoms with van der Waals surface area (Å²) in [5, 5.41) is 15.3. The summed E-state index contributed by atoms with van der Waals surface area (Å²) in [4.78, 5) is 30.2. The lowest BCUT2D eigenvalue weighted by Gasteiger charge is -2.38. The summed E-state index contributed by atoms with van der Waals surface area (Å²) < 4.78 is 35.0. The first kappa shape index (κ1) is 32.1. The van der Waals surface area contributed by atoms with Crippen LogP contribution in [0, 0.1) is 5.92 Å².